The van der Waals surface area contributed by atoms with Gasteiger partial charge < -0.3 is 10.7 Å². The molecule has 0 spiro atoms. The minimum atomic E-state index is -3.78. The predicted octanol–water partition coefficient (Wildman–Crippen LogP) is 1.93. The maximum absolute atomic E-state index is 12.4. The molecule has 1 aromatic carbocycles. The van der Waals surface area contributed by atoms with Crippen molar-refractivity contribution in [2.75, 3.05) is 4.72 Å². The number of fused-ring (bicyclic) bond motifs is 1. The van der Waals surface area contributed by atoms with Crippen molar-refractivity contribution < 1.29 is 8.42 Å². The summed E-state index contributed by atoms with van der Waals surface area (Å²) in [4.78, 5) is 2.87. The van der Waals surface area contributed by atoms with Gasteiger partial charge in [0.05, 0.1) is 22.4 Å². The summed E-state index contributed by atoms with van der Waals surface area (Å²) < 4.78 is 35.3. The summed E-state index contributed by atoms with van der Waals surface area (Å²) in [5.41, 5.74) is 7.30. The topological polar surface area (TPSA) is 114 Å². The van der Waals surface area contributed by atoms with E-state index in [1.54, 1.807) is 12.1 Å². The van der Waals surface area contributed by atoms with Crippen molar-refractivity contribution in [3.8, 4) is 0 Å². The number of hydrogen-bond acceptors (Lipinski definition) is 6. The van der Waals surface area contributed by atoms with E-state index < -0.39 is 10.0 Å². The number of H-pyrrole nitrogens is 1. The summed E-state index contributed by atoms with van der Waals surface area (Å²) >= 11 is 7.06. The van der Waals surface area contributed by atoms with Crippen LogP contribution in [0.1, 0.15) is 5.69 Å². The monoisotopic (exact) mass is 343 g/mol. The first kappa shape index (κ1) is 14.3. The molecule has 0 fully saturated rings. The number of nitrogens with zero attached hydrogens (tertiary/aromatic N) is 2. The van der Waals surface area contributed by atoms with Gasteiger partial charge in [0.25, 0.3) is 10.0 Å². The van der Waals surface area contributed by atoms with Gasteiger partial charge in [-0.2, -0.15) is 8.75 Å². The van der Waals surface area contributed by atoms with Gasteiger partial charge in [-0.1, -0.05) is 11.6 Å². The number of hydrogen-bond donors (Lipinski definition) is 3. The van der Waals surface area contributed by atoms with Gasteiger partial charge in [0.1, 0.15) is 15.9 Å². The van der Waals surface area contributed by atoms with Crippen LogP contribution >= 0.6 is 23.3 Å². The molecule has 0 aliphatic rings. The number of rotatable bonds is 4. The van der Waals surface area contributed by atoms with Crippen molar-refractivity contribution in [3.05, 3.63) is 35.1 Å². The molecule has 0 saturated carbocycles. The summed E-state index contributed by atoms with van der Waals surface area (Å²) in [5.74, 6) is 0. The fourth-order valence-corrected chi connectivity index (χ4v) is 3.71. The molecule has 0 saturated heterocycles. The van der Waals surface area contributed by atoms with Crippen molar-refractivity contribution in [1.29, 1.82) is 0 Å². The third-order valence-electron chi connectivity index (χ3n) is 2.86. The predicted molar refractivity (Wildman–Crippen MR) is 81.9 cm³/mol. The van der Waals surface area contributed by atoms with Gasteiger partial charge in [0, 0.05) is 18.4 Å². The van der Waals surface area contributed by atoms with Gasteiger partial charge in [-0.3, -0.25) is 4.72 Å². The third kappa shape index (κ3) is 2.60. The van der Waals surface area contributed by atoms with E-state index in [0.717, 1.165) is 11.7 Å². The quantitative estimate of drug-likeness (QED) is 0.669. The zero-order valence-electron chi connectivity index (χ0n) is 10.5. The highest BCUT2D eigenvalue weighted by molar-refractivity contribution is 7.92. The van der Waals surface area contributed by atoms with E-state index in [0.29, 0.717) is 16.7 Å². The summed E-state index contributed by atoms with van der Waals surface area (Å²) in [6.45, 7) is 0.224. The van der Waals surface area contributed by atoms with E-state index in [9.17, 15) is 8.42 Å². The molecule has 2 aromatic heterocycles. The van der Waals surface area contributed by atoms with Crippen LogP contribution in [0.4, 0.5) is 5.69 Å². The van der Waals surface area contributed by atoms with E-state index in [1.807, 2.05) is 0 Å². The molecule has 0 bridgehead atoms. The molecule has 10 heteroatoms. The van der Waals surface area contributed by atoms with Crippen LogP contribution in [0, 0.1) is 0 Å². The van der Waals surface area contributed by atoms with Crippen LogP contribution in [0.5, 0.6) is 0 Å². The van der Waals surface area contributed by atoms with E-state index in [-0.39, 0.29) is 22.2 Å². The highest BCUT2D eigenvalue weighted by Crippen LogP contribution is 2.31. The van der Waals surface area contributed by atoms with Gasteiger partial charge in [0.15, 0.2) is 0 Å². The molecule has 2 heterocycles. The molecule has 110 valence electrons. The van der Waals surface area contributed by atoms with Crippen molar-refractivity contribution in [3.63, 3.8) is 0 Å². The maximum atomic E-state index is 12.4. The number of nitrogens with two attached hydrogens (primary N) is 1. The second-order valence-electron chi connectivity index (χ2n) is 4.22. The second-order valence-corrected chi connectivity index (χ2v) is 6.84. The van der Waals surface area contributed by atoms with Gasteiger partial charge in [-0.05, 0) is 18.2 Å². The Morgan fingerprint density at radius 3 is 2.90 bits per heavy atom. The summed E-state index contributed by atoms with van der Waals surface area (Å²) in [7, 11) is -3.78. The average molecular weight is 344 g/mol. The lowest BCUT2D eigenvalue weighted by Gasteiger charge is -2.08. The molecule has 3 aromatic rings. The minimum Gasteiger partial charge on any atom is -0.363 e. The van der Waals surface area contributed by atoms with E-state index in [2.05, 4.69) is 18.5 Å². The van der Waals surface area contributed by atoms with E-state index in [4.69, 9.17) is 17.3 Å². The standard InChI is InChI=1S/C11H10ClN5O2S2/c12-8-1-2-9-11(16-20-15-9)10(8)17-21(18,19)7-3-6(4-13)14-5-7/h1-3,5,14,17H,4,13H2. The normalized spacial score (nSPS) is 11.9. The Morgan fingerprint density at radius 2 is 2.19 bits per heavy atom. The fourth-order valence-electron chi connectivity index (χ4n) is 1.81. The van der Waals surface area contributed by atoms with Crippen LogP contribution in [-0.4, -0.2) is 22.1 Å². The van der Waals surface area contributed by atoms with Crippen LogP contribution in [0.3, 0.4) is 0 Å². The average Bonchev–Trinajstić information content (AvgIpc) is 3.10. The van der Waals surface area contributed by atoms with Crippen LogP contribution in [0.15, 0.2) is 29.3 Å². The Morgan fingerprint density at radius 1 is 1.38 bits per heavy atom. The first-order chi connectivity index (χ1) is 10.0. The van der Waals surface area contributed by atoms with E-state index in [1.165, 1.54) is 12.3 Å². The van der Waals surface area contributed by atoms with Crippen molar-refractivity contribution in [1.82, 2.24) is 13.7 Å². The highest BCUT2D eigenvalue weighted by Gasteiger charge is 2.20. The van der Waals surface area contributed by atoms with E-state index >= 15 is 0 Å². The van der Waals surface area contributed by atoms with Crippen molar-refractivity contribution in [2.24, 2.45) is 5.73 Å². The Kier molecular flexibility index (Phi) is 3.57. The Bertz CT molecular complexity index is 902. The lowest BCUT2D eigenvalue weighted by Crippen LogP contribution is -2.13. The zero-order chi connectivity index (χ0) is 15.0. The highest BCUT2D eigenvalue weighted by atomic mass is 35.5. The molecule has 0 aliphatic carbocycles. The lowest BCUT2D eigenvalue weighted by molar-refractivity contribution is 0.601. The molecule has 21 heavy (non-hydrogen) atoms. The number of aromatic amines is 1. The van der Waals surface area contributed by atoms with Crippen LogP contribution in [0.25, 0.3) is 11.0 Å². The molecule has 4 N–H and O–H groups in total. The smallest absolute Gasteiger partial charge is 0.263 e. The molecule has 0 amide bonds. The number of sulfonamides is 1. The zero-order valence-corrected chi connectivity index (χ0v) is 12.9. The lowest BCUT2D eigenvalue weighted by atomic mass is 10.3. The van der Waals surface area contributed by atoms with Gasteiger partial charge in [-0.15, -0.1) is 0 Å². The molecule has 0 unspecified atom stereocenters. The van der Waals surface area contributed by atoms with Crippen molar-refractivity contribution in [2.45, 2.75) is 11.4 Å². The SMILES string of the molecule is NCc1cc(S(=O)(=O)Nc2c(Cl)ccc3nsnc23)c[nH]1. The van der Waals surface area contributed by atoms with Gasteiger partial charge in [-0.25, -0.2) is 8.42 Å². The molecular weight excluding hydrogens is 334 g/mol. The number of halogens is 1. The van der Waals surface area contributed by atoms with Crippen LogP contribution in [-0.2, 0) is 16.6 Å². The van der Waals surface area contributed by atoms with Gasteiger partial charge >= 0.3 is 0 Å². The van der Waals surface area contributed by atoms with Gasteiger partial charge in [0.2, 0.25) is 0 Å². The molecule has 0 radical (unpaired) electrons. The Hall–Kier alpha value is -1.68. The maximum Gasteiger partial charge on any atom is 0.263 e. The first-order valence-corrected chi connectivity index (χ1v) is 8.41. The van der Waals surface area contributed by atoms with Crippen LogP contribution < -0.4 is 10.5 Å². The molecule has 0 aliphatic heterocycles. The molecule has 0 atom stereocenters. The largest absolute Gasteiger partial charge is 0.363 e. The Balaban J connectivity index is 2.04. The Labute approximate surface area is 129 Å². The van der Waals surface area contributed by atoms with Crippen LogP contribution in [0.2, 0.25) is 5.02 Å². The minimum absolute atomic E-state index is 0.0826. The molecular formula is C11H10ClN5O2S2. The second kappa shape index (κ2) is 5.26. The van der Waals surface area contributed by atoms with Crippen molar-refractivity contribution >= 4 is 50.1 Å². The first-order valence-electron chi connectivity index (χ1n) is 5.82. The number of aromatic nitrogens is 3. The number of anilines is 1. The fraction of sp³-hybridized carbons (Fsp3) is 0.0909. The summed E-state index contributed by atoms with van der Waals surface area (Å²) in [5, 5.41) is 0.258. The summed E-state index contributed by atoms with van der Waals surface area (Å²) in [6, 6.07) is 4.73. The molecule has 3 rings (SSSR count). The number of benzene rings is 1. The molecule has 7 nitrogen and oxygen atoms in total. The number of nitrogens with one attached hydrogen (secondary N) is 2. The third-order valence-corrected chi connectivity index (χ3v) is 5.05. The summed E-state index contributed by atoms with van der Waals surface area (Å²) in [6.07, 6.45) is 1.37.